The molecule has 0 atom stereocenters. The predicted molar refractivity (Wildman–Crippen MR) is 80.4 cm³/mol. The Hall–Kier alpha value is -0.304. The van der Waals surface area contributed by atoms with Crippen LogP contribution in [0.15, 0.2) is 52.8 Å². The third kappa shape index (κ3) is 5.08. The van der Waals surface area contributed by atoms with E-state index < -0.39 is 30.0 Å². The van der Waals surface area contributed by atoms with Crippen molar-refractivity contribution >= 4 is 31.0 Å². The first-order valence-corrected chi connectivity index (χ1v) is 8.77. The van der Waals surface area contributed by atoms with Crippen LogP contribution in [0.1, 0.15) is 1.43 Å². The Bertz CT molecular complexity index is 956. The molecule has 0 radical (unpaired) electrons. The van der Waals surface area contributed by atoms with Gasteiger partial charge in [-0.1, -0.05) is 18.7 Å². The molecule has 0 fully saturated rings. The summed E-state index contributed by atoms with van der Waals surface area (Å²) >= 11 is 0. The van der Waals surface area contributed by atoms with Gasteiger partial charge in [0.15, 0.2) is 0 Å². The summed E-state index contributed by atoms with van der Waals surface area (Å²) in [6.07, 6.45) is 1.50. The van der Waals surface area contributed by atoms with E-state index in [1.165, 1.54) is 24.3 Å². The molecule has 2 aromatic carbocycles. The molecule has 0 aromatic heterocycles. The summed E-state index contributed by atoms with van der Waals surface area (Å²) in [6, 6.07) is 6.03. The van der Waals surface area contributed by atoms with E-state index in [-0.39, 0.29) is 70.2 Å². The summed E-state index contributed by atoms with van der Waals surface area (Å²) in [5.74, 6) is 0.317. The normalized spacial score (nSPS) is 11.7. The summed E-state index contributed by atoms with van der Waals surface area (Å²) < 4.78 is 69.0. The SMILES string of the molecule is C=CCOc1ccc2cc(S(=O)(=O)O)cc(S(=O)(=O)O)c2c1.[H-].[K+]. The van der Waals surface area contributed by atoms with E-state index in [4.69, 9.17) is 9.29 Å². The molecular weight excluding hydrogens is 371 g/mol. The van der Waals surface area contributed by atoms with Crippen LogP contribution in [-0.2, 0) is 20.2 Å². The quantitative estimate of drug-likeness (QED) is 0.386. The van der Waals surface area contributed by atoms with Crippen LogP contribution in [0.4, 0.5) is 0 Å². The number of hydrogen-bond donors (Lipinski definition) is 2. The van der Waals surface area contributed by atoms with Gasteiger partial charge >= 0.3 is 51.4 Å². The first-order valence-electron chi connectivity index (χ1n) is 5.89. The van der Waals surface area contributed by atoms with Crippen molar-refractivity contribution < 1.29 is 83.5 Å². The standard InChI is InChI=1S/C13H12O7S2.K.H/c1-2-5-20-10-4-3-9-6-11(21(14,15)16)8-13(12(9)7-10)22(17,18)19;;/h2-4,6-8H,1,5H2,(H,14,15,16)(H,17,18,19);;/q;+1;-1. The van der Waals surface area contributed by atoms with Gasteiger partial charge in [-0.15, -0.1) is 0 Å². The van der Waals surface area contributed by atoms with E-state index in [1.807, 2.05) is 0 Å². The van der Waals surface area contributed by atoms with E-state index in [1.54, 1.807) is 0 Å². The van der Waals surface area contributed by atoms with Crippen LogP contribution in [0.2, 0.25) is 0 Å². The average Bonchev–Trinajstić information content (AvgIpc) is 2.41. The molecule has 23 heavy (non-hydrogen) atoms. The van der Waals surface area contributed by atoms with Gasteiger partial charge in [-0.05, 0) is 29.7 Å². The van der Waals surface area contributed by atoms with Gasteiger partial charge in [0.25, 0.3) is 20.2 Å². The Kier molecular flexibility index (Phi) is 6.96. The second-order valence-electron chi connectivity index (χ2n) is 4.35. The number of ether oxygens (including phenoxy) is 1. The molecule has 10 heteroatoms. The van der Waals surface area contributed by atoms with Crippen LogP contribution >= 0.6 is 0 Å². The zero-order chi connectivity index (χ0) is 16.5. The van der Waals surface area contributed by atoms with E-state index >= 15 is 0 Å². The molecular formula is C13H13KO7S2. The third-order valence-electron chi connectivity index (χ3n) is 2.80. The number of benzene rings is 2. The minimum absolute atomic E-state index is 0. The Labute approximate surface area is 177 Å². The molecule has 0 bridgehead atoms. The molecule has 2 N–H and O–H groups in total. The van der Waals surface area contributed by atoms with E-state index in [9.17, 15) is 21.4 Å². The molecule has 0 unspecified atom stereocenters. The Morgan fingerprint density at radius 3 is 2.26 bits per heavy atom. The largest absolute Gasteiger partial charge is 1.00 e. The van der Waals surface area contributed by atoms with Crippen LogP contribution in [0.5, 0.6) is 5.75 Å². The fraction of sp³-hybridized carbons (Fsp3) is 0.0769. The molecule has 120 valence electrons. The van der Waals surface area contributed by atoms with Crippen molar-refractivity contribution in [3.8, 4) is 5.75 Å². The fourth-order valence-electron chi connectivity index (χ4n) is 1.88. The summed E-state index contributed by atoms with van der Waals surface area (Å²) in [7, 11) is -9.32. The van der Waals surface area contributed by atoms with Gasteiger partial charge in [0, 0.05) is 5.39 Å². The Morgan fingerprint density at radius 1 is 1.09 bits per heavy atom. The minimum Gasteiger partial charge on any atom is -1.00 e. The van der Waals surface area contributed by atoms with Crippen LogP contribution in [0.25, 0.3) is 10.8 Å². The summed E-state index contributed by atoms with van der Waals surface area (Å²) in [4.78, 5) is -1.27. The van der Waals surface area contributed by atoms with Crippen molar-refractivity contribution in [2.75, 3.05) is 6.61 Å². The van der Waals surface area contributed by atoms with Crippen LogP contribution < -0.4 is 56.1 Å². The van der Waals surface area contributed by atoms with Crippen LogP contribution in [0.3, 0.4) is 0 Å². The smallest absolute Gasteiger partial charge is 1.00 e. The number of hydrogen-bond acceptors (Lipinski definition) is 5. The Morgan fingerprint density at radius 2 is 1.74 bits per heavy atom. The van der Waals surface area contributed by atoms with Gasteiger partial charge in [-0.25, -0.2) is 0 Å². The van der Waals surface area contributed by atoms with Crippen molar-refractivity contribution in [2.24, 2.45) is 0 Å². The molecule has 2 rings (SSSR count). The third-order valence-corrected chi connectivity index (χ3v) is 4.53. The van der Waals surface area contributed by atoms with Crippen molar-refractivity contribution in [1.82, 2.24) is 0 Å². The first kappa shape index (κ1) is 20.7. The van der Waals surface area contributed by atoms with Gasteiger partial charge in [-0.2, -0.15) is 16.8 Å². The molecule has 2 aromatic rings. The fourth-order valence-corrected chi connectivity index (χ4v) is 3.23. The van der Waals surface area contributed by atoms with E-state index in [0.717, 1.165) is 6.07 Å². The Balaban J connectivity index is 0.00000264. The first-order chi connectivity index (χ1) is 10.1. The van der Waals surface area contributed by atoms with Crippen molar-refractivity contribution in [2.45, 2.75) is 9.79 Å². The van der Waals surface area contributed by atoms with Gasteiger partial charge in [0.05, 0.1) is 4.90 Å². The molecule has 0 aliphatic heterocycles. The molecule has 0 saturated carbocycles. The van der Waals surface area contributed by atoms with Crippen molar-refractivity contribution in [1.29, 1.82) is 0 Å². The van der Waals surface area contributed by atoms with E-state index in [2.05, 4.69) is 6.58 Å². The maximum Gasteiger partial charge on any atom is 1.00 e. The molecule has 0 spiro atoms. The zero-order valence-corrected chi connectivity index (χ0v) is 16.9. The number of fused-ring (bicyclic) bond motifs is 1. The summed E-state index contributed by atoms with van der Waals surface area (Å²) in [5.41, 5.74) is 0. The molecule has 0 saturated heterocycles. The predicted octanol–water partition coefficient (Wildman–Crippen LogP) is -0.985. The van der Waals surface area contributed by atoms with E-state index in [0.29, 0.717) is 11.8 Å². The maximum atomic E-state index is 11.5. The molecule has 0 aliphatic rings. The van der Waals surface area contributed by atoms with Gasteiger partial charge in [0.1, 0.15) is 17.3 Å². The van der Waals surface area contributed by atoms with Crippen molar-refractivity contribution in [3.63, 3.8) is 0 Å². The van der Waals surface area contributed by atoms with Crippen LogP contribution in [0, 0.1) is 0 Å². The number of rotatable bonds is 5. The maximum absolute atomic E-state index is 11.5. The second kappa shape index (κ2) is 7.72. The zero-order valence-electron chi connectivity index (χ0n) is 13.1. The summed E-state index contributed by atoms with van der Waals surface area (Å²) in [6.45, 7) is 3.67. The van der Waals surface area contributed by atoms with Gasteiger partial charge in [0.2, 0.25) is 0 Å². The molecule has 0 aliphatic carbocycles. The minimum atomic E-state index is -4.70. The molecule has 0 amide bonds. The average molecular weight is 384 g/mol. The molecule has 0 heterocycles. The van der Waals surface area contributed by atoms with Gasteiger partial charge < -0.3 is 6.16 Å². The van der Waals surface area contributed by atoms with Gasteiger partial charge in [-0.3, -0.25) is 9.11 Å². The van der Waals surface area contributed by atoms with Crippen LogP contribution in [-0.4, -0.2) is 32.5 Å². The van der Waals surface area contributed by atoms with Crippen molar-refractivity contribution in [3.05, 3.63) is 43.0 Å². The topological polar surface area (TPSA) is 118 Å². The second-order valence-corrected chi connectivity index (χ2v) is 7.17. The molecule has 7 nitrogen and oxygen atoms in total. The summed E-state index contributed by atoms with van der Waals surface area (Å²) in [5, 5.41) is 0.269. The monoisotopic (exact) mass is 384 g/mol.